The van der Waals surface area contributed by atoms with Crippen molar-refractivity contribution < 1.29 is 19.4 Å². The van der Waals surface area contributed by atoms with E-state index in [0.717, 1.165) is 61.9 Å². The molecule has 2 aromatic rings. The molecule has 0 saturated carbocycles. The van der Waals surface area contributed by atoms with Crippen LogP contribution in [-0.2, 0) is 15.3 Å². The number of amides is 1. The summed E-state index contributed by atoms with van der Waals surface area (Å²) in [5, 5.41) is 12.1. The highest BCUT2D eigenvalue weighted by molar-refractivity contribution is 6.33. The first-order chi connectivity index (χ1) is 16.1. The maximum Gasteiger partial charge on any atom is 0.410 e. The van der Waals surface area contributed by atoms with E-state index in [1.807, 2.05) is 74.2 Å². The molecule has 0 radical (unpaired) electrons. The number of rotatable bonds is 8. The molecule has 5 nitrogen and oxygen atoms in total. The Morgan fingerprint density at radius 3 is 2.44 bits per heavy atom. The molecule has 0 bridgehead atoms. The maximum absolute atomic E-state index is 12.4. The largest absolute Gasteiger partial charge is 0.444 e. The average molecular weight is 488 g/mol. The van der Waals surface area contributed by atoms with E-state index in [2.05, 4.69) is 0 Å². The third kappa shape index (κ3) is 6.97. The van der Waals surface area contributed by atoms with Gasteiger partial charge in [0.05, 0.1) is 0 Å². The highest BCUT2D eigenvalue weighted by Crippen LogP contribution is 2.38. The topological polar surface area (TPSA) is 59.0 Å². The van der Waals surface area contributed by atoms with Gasteiger partial charge >= 0.3 is 6.09 Å². The molecule has 1 amide bonds. The summed E-state index contributed by atoms with van der Waals surface area (Å²) in [4.78, 5) is 14.3. The molecule has 0 aliphatic carbocycles. The van der Waals surface area contributed by atoms with Crippen LogP contribution in [0.3, 0.4) is 0 Å². The predicted octanol–water partition coefficient (Wildman–Crippen LogP) is 7.01. The zero-order valence-electron chi connectivity index (χ0n) is 20.9. The Bertz CT molecular complexity index is 957. The van der Waals surface area contributed by atoms with E-state index < -0.39 is 11.4 Å². The second kappa shape index (κ2) is 11.6. The Labute approximate surface area is 209 Å². The molecule has 1 fully saturated rings. The van der Waals surface area contributed by atoms with Crippen molar-refractivity contribution in [2.45, 2.75) is 70.7 Å². The minimum absolute atomic E-state index is 0.220. The lowest BCUT2D eigenvalue weighted by atomic mass is 9.89. The number of methoxy groups -OCH3 is 1. The third-order valence-corrected chi connectivity index (χ3v) is 6.73. The second-order valence-corrected chi connectivity index (χ2v) is 10.6. The number of ether oxygens (including phenoxy) is 2. The molecule has 2 atom stereocenters. The number of carbonyl (C=O) groups is 1. The molecule has 1 aliphatic rings. The summed E-state index contributed by atoms with van der Waals surface area (Å²) in [6.07, 6.45) is 5.14. The van der Waals surface area contributed by atoms with Gasteiger partial charge in [-0.15, -0.1) is 0 Å². The van der Waals surface area contributed by atoms with Crippen LogP contribution in [-0.4, -0.2) is 41.9 Å². The third-order valence-electron chi connectivity index (χ3n) is 6.40. The van der Waals surface area contributed by atoms with Gasteiger partial charge in [-0.05, 0) is 64.0 Å². The fourth-order valence-corrected chi connectivity index (χ4v) is 4.91. The van der Waals surface area contributed by atoms with Crippen molar-refractivity contribution in [2.75, 3.05) is 20.2 Å². The quantitative estimate of drug-likeness (QED) is 0.321. The summed E-state index contributed by atoms with van der Waals surface area (Å²) >= 11 is 6.45. The summed E-state index contributed by atoms with van der Waals surface area (Å²) in [5.74, 6) is -0.947. The SMILES string of the molecule is COC(O)(CCCCC1CCCN(C(=O)OC(C)(C)C)C1)c1ccccc1-c1ccccc1Cl. The Kier molecular flexibility index (Phi) is 9.02. The molecular formula is C28H38ClNO4. The molecule has 1 saturated heterocycles. The molecule has 0 aromatic heterocycles. The van der Waals surface area contributed by atoms with Crippen molar-refractivity contribution >= 4 is 17.7 Å². The number of aliphatic hydroxyl groups is 1. The van der Waals surface area contributed by atoms with Gasteiger partial charge < -0.3 is 19.5 Å². The van der Waals surface area contributed by atoms with E-state index in [1.54, 1.807) is 7.11 Å². The summed E-state index contributed by atoms with van der Waals surface area (Å²) in [6, 6.07) is 15.4. The molecule has 2 aromatic carbocycles. The number of halogens is 1. The molecule has 3 rings (SSSR count). The van der Waals surface area contributed by atoms with E-state index in [1.165, 1.54) is 0 Å². The number of hydrogen-bond acceptors (Lipinski definition) is 4. The van der Waals surface area contributed by atoms with Gasteiger partial charge in [-0.1, -0.05) is 60.5 Å². The van der Waals surface area contributed by atoms with Gasteiger partial charge in [-0.2, -0.15) is 0 Å². The van der Waals surface area contributed by atoms with Crippen LogP contribution in [0.15, 0.2) is 48.5 Å². The zero-order valence-corrected chi connectivity index (χ0v) is 21.6. The van der Waals surface area contributed by atoms with Crippen LogP contribution in [0.4, 0.5) is 4.79 Å². The highest BCUT2D eigenvalue weighted by Gasteiger charge is 2.32. The Morgan fingerprint density at radius 1 is 1.09 bits per heavy atom. The van der Waals surface area contributed by atoms with Crippen LogP contribution < -0.4 is 0 Å². The van der Waals surface area contributed by atoms with Crippen LogP contribution in [0.2, 0.25) is 5.02 Å². The van der Waals surface area contributed by atoms with Crippen LogP contribution in [0.25, 0.3) is 11.1 Å². The predicted molar refractivity (Wildman–Crippen MR) is 137 cm³/mol. The van der Waals surface area contributed by atoms with Crippen LogP contribution in [0.5, 0.6) is 0 Å². The molecule has 1 aliphatic heterocycles. The van der Waals surface area contributed by atoms with Gasteiger partial charge in [0.25, 0.3) is 0 Å². The number of piperidine rings is 1. The number of carbonyl (C=O) groups excluding carboxylic acids is 1. The van der Waals surface area contributed by atoms with Gasteiger partial charge in [-0.3, -0.25) is 0 Å². The van der Waals surface area contributed by atoms with E-state index in [9.17, 15) is 9.90 Å². The molecule has 34 heavy (non-hydrogen) atoms. The van der Waals surface area contributed by atoms with Gasteiger partial charge in [0.1, 0.15) is 5.60 Å². The van der Waals surface area contributed by atoms with E-state index in [4.69, 9.17) is 21.1 Å². The molecular weight excluding hydrogens is 450 g/mol. The van der Waals surface area contributed by atoms with Crippen LogP contribution in [0, 0.1) is 5.92 Å². The normalized spacial score (nSPS) is 18.4. The van der Waals surface area contributed by atoms with Gasteiger partial charge in [-0.25, -0.2) is 4.79 Å². The number of hydrogen-bond donors (Lipinski definition) is 1. The van der Waals surface area contributed by atoms with E-state index in [0.29, 0.717) is 17.4 Å². The fraction of sp³-hybridized carbons (Fsp3) is 0.536. The molecule has 2 unspecified atom stereocenters. The minimum Gasteiger partial charge on any atom is -0.444 e. The standard InChI is InChI=1S/C28H38ClNO4/c1-27(2,3)34-26(31)30-19-11-13-21(20-30)12-9-10-18-28(32,33-4)24-16-7-5-14-22(24)23-15-6-8-17-25(23)29/h5-8,14-17,21,32H,9-13,18-20H2,1-4H3. The number of nitrogens with zero attached hydrogens (tertiary/aromatic N) is 1. The first-order valence-electron chi connectivity index (χ1n) is 12.2. The van der Waals surface area contributed by atoms with Crippen molar-refractivity contribution in [3.8, 4) is 11.1 Å². The summed E-state index contributed by atoms with van der Waals surface area (Å²) < 4.78 is 11.2. The first-order valence-corrected chi connectivity index (χ1v) is 12.6. The summed E-state index contributed by atoms with van der Waals surface area (Å²) in [7, 11) is 1.54. The monoisotopic (exact) mass is 487 g/mol. The first kappa shape index (κ1) is 26.5. The lowest BCUT2D eigenvalue weighted by Crippen LogP contribution is -2.42. The molecule has 1 heterocycles. The van der Waals surface area contributed by atoms with Gasteiger partial charge in [0.2, 0.25) is 0 Å². The smallest absolute Gasteiger partial charge is 0.410 e. The highest BCUT2D eigenvalue weighted by atomic mass is 35.5. The Balaban J connectivity index is 1.59. The maximum atomic E-state index is 12.4. The van der Waals surface area contributed by atoms with Crippen LogP contribution >= 0.6 is 11.6 Å². The zero-order chi connectivity index (χ0) is 24.8. The lowest BCUT2D eigenvalue weighted by molar-refractivity contribution is -0.199. The van der Waals surface area contributed by atoms with Crippen molar-refractivity contribution in [2.24, 2.45) is 5.92 Å². The lowest BCUT2D eigenvalue weighted by Gasteiger charge is -2.34. The molecule has 186 valence electrons. The van der Waals surface area contributed by atoms with Gasteiger partial charge in [0, 0.05) is 42.8 Å². The van der Waals surface area contributed by atoms with Crippen molar-refractivity contribution in [1.29, 1.82) is 0 Å². The fourth-order valence-electron chi connectivity index (χ4n) is 4.68. The summed E-state index contributed by atoms with van der Waals surface area (Å²) in [6.45, 7) is 7.18. The molecule has 6 heteroatoms. The van der Waals surface area contributed by atoms with Crippen LogP contribution in [0.1, 0.15) is 64.9 Å². The molecule has 1 N–H and O–H groups in total. The van der Waals surface area contributed by atoms with Crippen molar-refractivity contribution in [1.82, 2.24) is 4.90 Å². The Morgan fingerprint density at radius 2 is 1.76 bits per heavy atom. The van der Waals surface area contributed by atoms with E-state index >= 15 is 0 Å². The second-order valence-electron chi connectivity index (χ2n) is 10.2. The van der Waals surface area contributed by atoms with Crippen molar-refractivity contribution in [3.05, 3.63) is 59.1 Å². The van der Waals surface area contributed by atoms with Gasteiger partial charge in [0.15, 0.2) is 5.79 Å². The van der Waals surface area contributed by atoms with E-state index in [-0.39, 0.29) is 6.09 Å². The number of unbranched alkanes of at least 4 members (excludes halogenated alkanes) is 1. The molecule has 0 spiro atoms. The van der Waals surface area contributed by atoms with Crippen molar-refractivity contribution in [3.63, 3.8) is 0 Å². The average Bonchev–Trinajstić information content (AvgIpc) is 2.81. The number of likely N-dealkylation sites (tertiary alicyclic amines) is 1. The number of benzene rings is 2. The summed E-state index contributed by atoms with van der Waals surface area (Å²) in [5.41, 5.74) is 1.99. The Hall–Kier alpha value is -2.08. The minimum atomic E-state index is -1.40.